The van der Waals surface area contributed by atoms with Crippen LogP contribution in [0.2, 0.25) is 0 Å². The van der Waals surface area contributed by atoms with Crippen LogP contribution in [-0.2, 0) is 6.54 Å². The van der Waals surface area contributed by atoms with E-state index in [-0.39, 0.29) is 0 Å². The topological polar surface area (TPSA) is 28.2 Å². The number of anilines is 1. The normalized spacial score (nSPS) is 17.9. The van der Waals surface area contributed by atoms with Crippen molar-refractivity contribution < 1.29 is 0 Å². The summed E-state index contributed by atoms with van der Waals surface area (Å²) in [4.78, 5) is 7.08. The highest BCUT2D eigenvalue weighted by Crippen LogP contribution is 2.34. The Morgan fingerprint density at radius 3 is 2.62 bits per heavy atom. The van der Waals surface area contributed by atoms with Gasteiger partial charge in [0.05, 0.1) is 5.69 Å². The highest BCUT2D eigenvalue weighted by molar-refractivity contribution is 5.43. The molecule has 1 aliphatic heterocycles. The fourth-order valence-electron chi connectivity index (χ4n) is 3.13. The van der Waals surface area contributed by atoms with Crippen LogP contribution in [0.3, 0.4) is 0 Å². The molecule has 1 fully saturated rings. The quantitative estimate of drug-likeness (QED) is 0.882. The van der Waals surface area contributed by atoms with Gasteiger partial charge in [-0.15, -0.1) is 0 Å². The maximum atomic E-state index is 4.53. The van der Waals surface area contributed by atoms with Gasteiger partial charge >= 0.3 is 0 Å². The van der Waals surface area contributed by atoms with Crippen LogP contribution in [0.15, 0.2) is 18.3 Å². The Balaban J connectivity index is 1.86. The van der Waals surface area contributed by atoms with Crippen molar-refractivity contribution in [3.63, 3.8) is 0 Å². The molecule has 1 N–H and O–H groups in total. The number of likely N-dealkylation sites (tertiary alicyclic amines) is 1. The summed E-state index contributed by atoms with van der Waals surface area (Å²) in [5.74, 6) is 0.860. The molecule has 3 heteroatoms. The van der Waals surface area contributed by atoms with Crippen LogP contribution in [0.5, 0.6) is 0 Å². The molecule has 2 rings (SSSR count). The second-order valence-corrected chi connectivity index (χ2v) is 7.38. The first-order valence-corrected chi connectivity index (χ1v) is 8.40. The summed E-state index contributed by atoms with van der Waals surface area (Å²) < 4.78 is 0. The molecule has 1 saturated heterocycles. The zero-order valence-electron chi connectivity index (χ0n) is 14.2. The lowest BCUT2D eigenvalue weighted by Crippen LogP contribution is -2.37. The standard InChI is InChI=1S/C18H31N3/c1-5-9-19-16-6-10-20-17(13-16)14-21-11-7-15(8-12-21)18(2,3)4/h6,10,13,15H,5,7-9,11-12,14H2,1-4H3,(H,19,20). The van der Waals surface area contributed by atoms with Gasteiger partial charge in [0, 0.05) is 25.0 Å². The van der Waals surface area contributed by atoms with Gasteiger partial charge in [0.25, 0.3) is 0 Å². The number of pyridine rings is 1. The van der Waals surface area contributed by atoms with E-state index in [1.807, 2.05) is 6.20 Å². The number of rotatable bonds is 5. The van der Waals surface area contributed by atoms with Crippen molar-refractivity contribution in [1.29, 1.82) is 0 Å². The minimum absolute atomic E-state index is 0.453. The van der Waals surface area contributed by atoms with Crippen molar-refractivity contribution in [3.05, 3.63) is 24.0 Å². The molecule has 0 aliphatic carbocycles. The van der Waals surface area contributed by atoms with Crippen LogP contribution in [-0.4, -0.2) is 29.5 Å². The van der Waals surface area contributed by atoms with E-state index in [9.17, 15) is 0 Å². The number of nitrogens with one attached hydrogen (secondary N) is 1. The summed E-state index contributed by atoms with van der Waals surface area (Å²) in [7, 11) is 0. The molecule has 3 nitrogen and oxygen atoms in total. The highest BCUT2D eigenvalue weighted by atomic mass is 15.1. The Morgan fingerprint density at radius 2 is 2.00 bits per heavy atom. The zero-order valence-corrected chi connectivity index (χ0v) is 14.2. The number of hydrogen-bond donors (Lipinski definition) is 1. The molecule has 0 bridgehead atoms. The summed E-state index contributed by atoms with van der Waals surface area (Å²) in [5, 5.41) is 3.44. The van der Waals surface area contributed by atoms with E-state index in [1.165, 1.54) is 37.3 Å². The van der Waals surface area contributed by atoms with Crippen LogP contribution in [0.1, 0.15) is 52.7 Å². The molecule has 0 atom stereocenters. The summed E-state index contributed by atoms with van der Waals surface area (Å²) in [6.45, 7) is 13.7. The average molecular weight is 289 g/mol. The molecule has 1 aromatic heterocycles. The Hall–Kier alpha value is -1.09. The third-order valence-corrected chi connectivity index (χ3v) is 4.59. The lowest BCUT2D eigenvalue weighted by molar-refractivity contribution is 0.107. The van der Waals surface area contributed by atoms with Gasteiger partial charge in [0.15, 0.2) is 0 Å². The van der Waals surface area contributed by atoms with Crippen LogP contribution in [0.4, 0.5) is 5.69 Å². The first kappa shape index (κ1) is 16.3. The van der Waals surface area contributed by atoms with Gasteiger partial charge in [0.1, 0.15) is 0 Å². The minimum Gasteiger partial charge on any atom is -0.385 e. The monoisotopic (exact) mass is 289 g/mol. The van der Waals surface area contributed by atoms with Gasteiger partial charge < -0.3 is 5.32 Å². The molecular weight excluding hydrogens is 258 g/mol. The predicted octanol–water partition coefficient (Wildman–Crippen LogP) is 4.16. The lowest BCUT2D eigenvalue weighted by Gasteiger charge is -2.38. The molecule has 2 heterocycles. The third kappa shape index (κ3) is 4.99. The van der Waals surface area contributed by atoms with Crippen molar-refractivity contribution in [3.8, 4) is 0 Å². The second kappa shape index (κ2) is 7.26. The third-order valence-electron chi connectivity index (χ3n) is 4.59. The van der Waals surface area contributed by atoms with Gasteiger partial charge in [-0.1, -0.05) is 27.7 Å². The van der Waals surface area contributed by atoms with E-state index in [0.717, 1.165) is 25.4 Å². The number of piperidine rings is 1. The first-order valence-electron chi connectivity index (χ1n) is 8.40. The van der Waals surface area contributed by atoms with Crippen LogP contribution in [0, 0.1) is 11.3 Å². The van der Waals surface area contributed by atoms with E-state index >= 15 is 0 Å². The lowest BCUT2D eigenvalue weighted by atomic mass is 9.75. The van der Waals surface area contributed by atoms with E-state index in [1.54, 1.807) is 0 Å². The van der Waals surface area contributed by atoms with Crippen molar-refractivity contribution in [2.24, 2.45) is 11.3 Å². The van der Waals surface area contributed by atoms with Gasteiger partial charge in [-0.3, -0.25) is 9.88 Å². The number of nitrogens with zero attached hydrogens (tertiary/aromatic N) is 2. The number of hydrogen-bond acceptors (Lipinski definition) is 3. The Bertz CT molecular complexity index is 428. The van der Waals surface area contributed by atoms with Crippen molar-refractivity contribution in [2.45, 2.75) is 53.5 Å². The van der Waals surface area contributed by atoms with Crippen LogP contribution in [0.25, 0.3) is 0 Å². The SMILES string of the molecule is CCCNc1ccnc(CN2CCC(C(C)(C)C)CC2)c1. The largest absolute Gasteiger partial charge is 0.385 e. The van der Waals surface area contributed by atoms with E-state index in [2.05, 4.69) is 55.0 Å². The average Bonchev–Trinajstić information content (AvgIpc) is 2.45. The molecule has 118 valence electrons. The smallest absolute Gasteiger partial charge is 0.0564 e. The maximum Gasteiger partial charge on any atom is 0.0564 e. The van der Waals surface area contributed by atoms with Crippen LogP contribution < -0.4 is 5.32 Å². The second-order valence-electron chi connectivity index (χ2n) is 7.38. The molecule has 1 aliphatic rings. The zero-order chi connectivity index (χ0) is 15.3. The molecular formula is C18H31N3. The van der Waals surface area contributed by atoms with Crippen molar-refractivity contribution >= 4 is 5.69 Å². The molecule has 1 aromatic rings. The maximum absolute atomic E-state index is 4.53. The summed E-state index contributed by atoms with van der Waals surface area (Å²) >= 11 is 0. The summed E-state index contributed by atoms with van der Waals surface area (Å²) in [6, 6.07) is 4.26. The Morgan fingerprint density at radius 1 is 1.29 bits per heavy atom. The summed E-state index contributed by atoms with van der Waals surface area (Å²) in [6.07, 6.45) is 5.71. The molecule has 0 saturated carbocycles. The molecule has 21 heavy (non-hydrogen) atoms. The Kier molecular flexibility index (Phi) is 5.63. The van der Waals surface area contributed by atoms with Gasteiger partial charge in [-0.25, -0.2) is 0 Å². The fourth-order valence-corrected chi connectivity index (χ4v) is 3.13. The van der Waals surface area contributed by atoms with Crippen LogP contribution >= 0.6 is 0 Å². The predicted molar refractivity (Wildman–Crippen MR) is 90.5 cm³/mol. The Labute approximate surface area is 130 Å². The molecule has 0 amide bonds. The summed E-state index contributed by atoms with van der Waals surface area (Å²) in [5.41, 5.74) is 2.84. The van der Waals surface area contributed by atoms with Crippen molar-refractivity contribution in [2.75, 3.05) is 25.0 Å². The number of aromatic nitrogens is 1. The van der Waals surface area contributed by atoms with Gasteiger partial charge in [-0.05, 0) is 55.8 Å². The highest BCUT2D eigenvalue weighted by Gasteiger charge is 2.28. The molecule has 0 aromatic carbocycles. The van der Waals surface area contributed by atoms with E-state index in [0.29, 0.717) is 5.41 Å². The first-order chi connectivity index (χ1) is 9.99. The van der Waals surface area contributed by atoms with E-state index < -0.39 is 0 Å². The van der Waals surface area contributed by atoms with Gasteiger partial charge in [-0.2, -0.15) is 0 Å². The molecule has 0 unspecified atom stereocenters. The minimum atomic E-state index is 0.453. The molecule has 0 spiro atoms. The van der Waals surface area contributed by atoms with Crippen molar-refractivity contribution in [1.82, 2.24) is 9.88 Å². The fraction of sp³-hybridized carbons (Fsp3) is 0.722. The molecule has 0 radical (unpaired) electrons. The van der Waals surface area contributed by atoms with Gasteiger partial charge in [0.2, 0.25) is 0 Å². The van der Waals surface area contributed by atoms with E-state index in [4.69, 9.17) is 0 Å².